The van der Waals surface area contributed by atoms with Crippen LogP contribution in [0, 0.1) is 18.3 Å². The molecule has 0 heterocycles. The van der Waals surface area contributed by atoms with Crippen molar-refractivity contribution in [2.24, 2.45) is 0 Å². The molecule has 1 rings (SSSR count). The summed E-state index contributed by atoms with van der Waals surface area (Å²) in [6.45, 7) is 5.83. The molecule has 1 aromatic rings. The van der Waals surface area contributed by atoms with E-state index >= 15 is 0 Å². The lowest BCUT2D eigenvalue weighted by Gasteiger charge is -2.15. The van der Waals surface area contributed by atoms with Gasteiger partial charge in [-0.3, -0.25) is 4.79 Å². The highest BCUT2D eigenvalue weighted by molar-refractivity contribution is 9.10. The van der Waals surface area contributed by atoms with Gasteiger partial charge < -0.3 is 15.4 Å². The number of aryl methyl sites for hydroxylation is 1. The van der Waals surface area contributed by atoms with Crippen LogP contribution in [-0.2, 0) is 11.3 Å². The first-order valence-corrected chi connectivity index (χ1v) is 7.64. The van der Waals surface area contributed by atoms with Gasteiger partial charge in [0.05, 0.1) is 12.5 Å². The number of nitrogens with zero attached hydrogens (tertiary/aromatic N) is 1. The van der Waals surface area contributed by atoms with E-state index in [9.17, 15) is 4.79 Å². The van der Waals surface area contributed by atoms with Crippen LogP contribution in [0.25, 0.3) is 0 Å². The third kappa shape index (κ3) is 6.15. The normalized spacial score (nSPS) is 10.0. The highest BCUT2D eigenvalue weighted by Crippen LogP contribution is 2.28. The average Bonchev–Trinajstić information content (AvgIpc) is 2.44. The van der Waals surface area contributed by atoms with Gasteiger partial charge in [0.1, 0.15) is 5.75 Å². The Morgan fingerprint density at radius 3 is 2.90 bits per heavy atom. The van der Waals surface area contributed by atoms with Crippen LogP contribution < -0.4 is 15.4 Å². The van der Waals surface area contributed by atoms with E-state index in [0.29, 0.717) is 19.5 Å². The number of ether oxygens (including phenoxy) is 1. The summed E-state index contributed by atoms with van der Waals surface area (Å²) in [6, 6.07) is 5.92. The van der Waals surface area contributed by atoms with Crippen LogP contribution in [0.4, 0.5) is 0 Å². The molecule has 0 spiro atoms. The fraction of sp³-hybridized carbons (Fsp3) is 0.467. The highest BCUT2D eigenvalue weighted by Gasteiger charge is 2.11. The minimum Gasteiger partial charge on any atom is -0.483 e. The molecule has 0 radical (unpaired) electrons. The minimum atomic E-state index is -0.220. The van der Waals surface area contributed by atoms with Crippen LogP contribution in [0.2, 0.25) is 0 Å². The Kier molecular flexibility index (Phi) is 7.80. The van der Waals surface area contributed by atoms with E-state index in [2.05, 4.69) is 26.6 Å². The second-order valence-corrected chi connectivity index (χ2v) is 5.45. The molecule has 0 saturated heterocycles. The number of hydrogen-bond acceptors (Lipinski definition) is 4. The van der Waals surface area contributed by atoms with Crippen LogP contribution in [0.5, 0.6) is 5.75 Å². The van der Waals surface area contributed by atoms with E-state index < -0.39 is 0 Å². The van der Waals surface area contributed by atoms with Crippen LogP contribution in [0.3, 0.4) is 0 Å². The molecule has 21 heavy (non-hydrogen) atoms. The number of rotatable bonds is 8. The Balaban J connectivity index is 2.68. The standard InChI is InChI=1S/C15H20BrN3O2/c1-3-18-9-12-8-13(16)7-11(2)15(12)21-10-14(20)19-6-4-5-17/h7-8,18H,3-4,6,9-10H2,1-2H3,(H,19,20). The van der Waals surface area contributed by atoms with Gasteiger partial charge in [-0.25, -0.2) is 0 Å². The zero-order valence-corrected chi connectivity index (χ0v) is 13.9. The number of halogens is 1. The van der Waals surface area contributed by atoms with E-state index in [-0.39, 0.29) is 12.5 Å². The zero-order valence-electron chi connectivity index (χ0n) is 12.3. The molecule has 0 aliphatic carbocycles. The molecular weight excluding hydrogens is 334 g/mol. The summed E-state index contributed by atoms with van der Waals surface area (Å²) in [5.41, 5.74) is 1.98. The fourth-order valence-corrected chi connectivity index (χ4v) is 2.46. The number of amides is 1. The van der Waals surface area contributed by atoms with Gasteiger partial charge in [-0.2, -0.15) is 5.26 Å². The molecule has 0 unspecified atom stereocenters. The third-order valence-electron chi connectivity index (χ3n) is 2.79. The van der Waals surface area contributed by atoms with E-state index in [0.717, 1.165) is 27.9 Å². The molecule has 0 saturated carbocycles. The average molecular weight is 354 g/mol. The van der Waals surface area contributed by atoms with Crippen LogP contribution in [-0.4, -0.2) is 25.6 Å². The minimum absolute atomic E-state index is 0.0486. The molecule has 5 nitrogen and oxygen atoms in total. The summed E-state index contributed by atoms with van der Waals surface area (Å²) in [7, 11) is 0. The molecule has 0 aromatic heterocycles. The summed E-state index contributed by atoms with van der Waals surface area (Å²) >= 11 is 3.47. The summed E-state index contributed by atoms with van der Waals surface area (Å²) in [5.74, 6) is 0.511. The van der Waals surface area contributed by atoms with Crippen LogP contribution in [0.15, 0.2) is 16.6 Å². The van der Waals surface area contributed by atoms with E-state index in [1.54, 1.807) is 0 Å². The van der Waals surface area contributed by atoms with Crippen molar-refractivity contribution in [3.8, 4) is 11.8 Å². The van der Waals surface area contributed by atoms with Crippen LogP contribution in [0.1, 0.15) is 24.5 Å². The van der Waals surface area contributed by atoms with Gasteiger partial charge in [-0.1, -0.05) is 22.9 Å². The van der Waals surface area contributed by atoms with Gasteiger partial charge in [0.25, 0.3) is 5.91 Å². The number of nitriles is 1. The number of benzene rings is 1. The molecule has 1 aromatic carbocycles. The first kappa shape index (κ1) is 17.5. The fourth-order valence-electron chi connectivity index (χ4n) is 1.84. The molecule has 114 valence electrons. The SMILES string of the molecule is CCNCc1cc(Br)cc(C)c1OCC(=O)NCCC#N. The first-order chi connectivity index (χ1) is 10.1. The van der Waals surface area contributed by atoms with Crippen molar-refractivity contribution in [3.63, 3.8) is 0 Å². The largest absolute Gasteiger partial charge is 0.483 e. The smallest absolute Gasteiger partial charge is 0.257 e. The Hall–Kier alpha value is -1.58. The van der Waals surface area contributed by atoms with Crippen molar-refractivity contribution in [1.82, 2.24) is 10.6 Å². The van der Waals surface area contributed by atoms with Gasteiger partial charge >= 0.3 is 0 Å². The topological polar surface area (TPSA) is 74.2 Å². The number of carbonyl (C=O) groups excluding carboxylic acids is 1. The van der Waals surface area contributed by atoms with Crippen molar-refractivity contribution in [1.29, 1.82) is 5.26 Å². The van der Waals surface area contributed by atoms with Crippen LogP contribution >= 0.6 is 15.9 Å². The Bertz CT molecular complexity index is 526. The van der Waals surface area contributed by atoms with Crippen molar-refractivity contribution in [2.75, 3.05) is 19.7 Å². The number of hydrogen-bond donors (Lipinski definition) is 2. The first-order valence-electron chi connectivity index (χ1n) is 6.84. The van der Waals surface area contributed by atoms with Crippen molar-refractivity contribution in [3.05, 3.63) is 27.7 Å². The zero-order chi connectivity index (χ0) is 15.7. The lowest BCUT2D eigenvalue weighted by atomic mass is 10.1. The second kappa shape index (κ2) is 9.37. The molecule has 6 heteroatoms. The Morgan fingerprint density at radius 2 is 2.24 bits per heavy atom. The summed E-state index contributed by atoms with van der Waals surface area (Å²) in [4.78, 5) is 11.6. The van der Waals surface area contributed by atoms with Gasteiger partial charge in [0.2, 0.25) is 0 Å². The summed E-state index contributed by atoms with van der Waals surface area (Å²) < 4.78 is 6.64. The second-order valence-electron chi connectivity index (χ2n) is 4.54. The molecule has 0 atom stereocenters. The quantitative estimate of drug-likeness (QED) is 0.703. The summed E-state index contributed by atoms with van der Waals surface area (Å²) in [5, 5.41) is 14.3. The lowest BCUT2D eigenvalue weighted by molar-refractivity contribution is -0.123. The van der Waals surface area contributed by atoms with E-state index in [4.69, 9.17) is 10.00 Å². The number of nitrogens with one attached hydrogen (secondary N) is 2. The molecule has 0 aliphatic rings. The molecule has 2 N–H and O–H groups in total. The maximum Gasteiger partial charge on any atom is 0.257 e. The maximum absolute atomic E-state index is 11.6. The molecule has 1 amide bonds. The Labute approximate surface area is 133 Å². The third-order valence-corrected chi connectivity index (χ3v) is 3.25. The van der Waals surface area contributed by atoms with Gasteiger partial charge in [0, 0.05) is 23.1 Å². The van der Waals surface area contributed by atoms with Gasteiger partial charge in [-0.05, 0) is 31.2 Å². The predicted octanol–water partition coefficient (Wildman–Crippen LogP) is 2.28. The monoisotopic (exact) mass is 353 g/mol. The van der Waals surface area contributed by atoms with Crippen molar-refractivity contribution >= 4 is 21.8 Å². The van der Waals surface area contributed by atoms with Crippen molar-refractivity contribution in [2.45, 2.75) is 26.8 Å². The van der Waals surface area contributed by atoms with E-state index in [1.807, 2.05) is 32.0 Å². The van der Waals surface area contributed by atoms with Crippen molar-refractivity contribution < 1.29 is 9.53 Å². The molecule has 0 bridgehead atoms. The molecule has 0 fully saturated rings. The highest BCUT2D eigenvalue weighted by atomic mass is 79.9. The van der Waals surface area contributed by atoms with Gasteiger partial charge in [-0.15, -0.1) is 0 Å². The number of carbonyl (C=O) groups is 1. The maximum atomic E-state index is 11.6. The predicted molar refractivity (Wildman–Crippen MR) is 85.0 cm³/mol. The van der Waals surface area contributed by atoms with E-state index in [1.165, 1.54) is 0 Å². The lowest BCUT2D eigenvalue weighted by Crippen LogP contribution is -2.30. The molecule has 0 aliphatic heterocycles. The molecular formula is C15H20BrN3O2. The summed E-state index contributed by atoms with van der Waals surface area (Å²) in [6.07, 6.45) is 0.300. The Morgan fingerprint density at radius 1 is 1.48 bits per heavy atom. The van der Waals surface area contributed by atoms with Gasteiger partial charge in [0.15, 0.2) is 6.61 Å².